The predicted octanol–water partition coefficient (Wildman–Crippen LogP) is 5.76. The van der Waals surface area contributed by atoms with Gasteiger partial charge in [-0.3, -0.25) is 0 Å². The van der Waals surface area contributed by atoms with Gasteiger partial charge in [0, 0.05) is 19.4 Å². The lowest BCUT2D eigenvalue weighted by atomic mass is 10.0. The maximum atomic E-state index is 14.1. The molecule has 102 valence electrons. The zero-order valence-corrected chi connectivity index (χ0v) is 14.8. The summed E-state index contributed by atoms with van der Waals surface area (Å²) in [5.41, 5.74) is 0.606. The first-order valence-corrected chi connectivity index (χ1v) is 8.44. The SMILES string of the molecule is CCNC(c1cc(Br)c(Cl)s1)c1c(F)cccc1Br. The highest BCUT2D eigenvalue weighted by atomic mass is 79.9. The van der Waals surface area contributed by atoms with Crippen molar-refractivity contribution in [3.63, 3.8) is 0 Å². The number of nitrogens with one attached hydrogen (secondary N) is 1. The number of halogens is 4. The fourth-order valence-electron chi connectivity index (χ4n) is 1.84. The van der Waals surface area contributed by atoms with Crippen LogP contribution < -0.4 is 5.32 Å². The minimum absolute atomic E-state index is 0.214. The Morgan fingerprint density at radius 2 is 2.11 bits per heavy atom. The Bertz CT molecular complexity index is 548. The van der Waals surface area contributed by atoms with Gasteiger partial charge in [0.05, 0.1) is 6.04 Å². The van der Waals surface area contributed by atoms with E-state index in [1.807, 2.05) is 19.1 Å². The van der Waals surface area contributed by atoms with Crippen LogP contribution in [0.5, 0.6) is 0 Å². The average molecular weight is 428 g/mol. The van der Waals surface area contributed by atoms with Gasteiger partial charge in [-0.2, -0.15) is 0 Å². The quantitative estimate of drug-likeness (QED) is 0.654. The molecule has 0 amide bonds. The summed E-state index contributed by atoms with van der Waals surface area (Å²) in [6.45, 7) is 2.73. The van der Waals surface area contributed by atoms with Crippen molar-refractivity contribution in [1.29, 1.82) is 0 Å². The summed E-state index contributed by atoms with van der Waals surface area (Å²) in [4.78, 5) is 0.976. The molecule has 6 heteroatoms. The normalized spacial score (nSPS) is 12.7. The molecule has 0 aliphatic rings. The molecule has 1 nitrogen and oxygen atoms in total. The van der Waals surface area contributed by atoms with Crippen LogP contribution in [0.2, 0.25) is 4.34 Å². The number of hydrogen-bond acceptors (Lipinski definition) is 2. The van der Waals surface area contributed by atoms with Gasteiger partial charge in [-0.15, -0.1) is 11.3 Å². The van der Waals surface area contributed by atoms with E-state index < -0.39 is 0 Å². The number of rotatable bonds is 4. The van der Waals surface area contributed by atoms with E-state index in [9.17, 15) is 4.39 Å². The summed E-state index contributed by atoms with van der Waals surface area (Å²) >= 11 is 14.3. The third-order valence-corrected chi connectivity index (χ3v) is 5.88. The number of hydrogen-bond donors (Lipinski definition) is 1. The molecule has 0 fully saturated rings. The lowest BCUT2D eigenvalue weighted by Crippen LogP contribution is -2.22. The molecule has 2 rings (SSSR count). The van der Waals surface area contributed by atoms with Crippen LogP contribution in [-0.4, -0.2) is 6.54 Å². The molecule has 0 aliphatic heterocycles. The van der Waals surface area contributed by atoms with E-state index in [4.69, 9.17) is 11.6 Å². The van der Waals surface area contributed by atoms with Gasteiger partial charge in [0.2, 0.25) is 0 Å². The van der Waals surface area contributed by atoms with E-state index in [0.29, 0.717) is 9.90 Å². The highest BCUT2D eigenvalue weighted by Crippen LogP contribution is 2.39. The van der Waals surface area contributed by atoms with Crippen LogP contribution in [-0.2, 0) is 0 Å². The van der Waals surface area contributed by atoms with Crippen molar-refractivity contribution in [1.82, 2.24) is 5.32 Å². The standard InChI is InChI=1S/C13H11Br2ClFNS/c1-2-18-12(10-6-8(15)13(16)19-10)11-7(14)4-3-5-9(11)17/h3-6,12,18H,2H2,1H3. The molecule has 1 aromatic carbocycles. The van der Waals surface area contributed by atoms with Gasteiger partial charge in [0.1, 0.15) is 10.2 Å². The van der Waals surface area contributed by atoms with Crippen LogP contribution >= 0.6 is 54.8 Å². The maximum absolute atomic E-state index is 14.1. The van der Waals surface area contributed by atoms with E-state index in [1.165, 1.54) is 17.4 Å². The van der Waals surface area contributed by atoms with Gasteiger partial charge in [0.25, 0.3) is 0 Å². The van der Waals surface area contributed by atoms with Gasteiger partial charge in [0.15, 0.2) is 0 Å². The Balaban J connectivity index is 2.51. The lowest BCUT2D eigenvalue weighted by molar-refractivity contribution is 0.561. The molecule has 0 aliphatic carbocycles. The second-order valence-corrected chi connectivity index (χ2v) is 7.29. The molecule has 0 saturated heterocycles. The van der Waals surface area contributed by atoms with E-state index >= 15 is 0 Å². The topological polar surface area (TPSA) is 12.0 Å². The summed E-state index contributed by atoms with van der Waals surface area (Å²) < 4.78 is 16.4. The van der Waals surface area contributed by atoms with Crippen molar-refractivity contribution in [2.24, 2.45) is 0 Å². The molecule has 1 unspecified atom stereocenters. The third kappa shape index (κ3) is 3.39. The van der Waals surface area contributed by atoms with Gasteiger partial charge in [-0.25, -0.2) is 4.39 Å². The molecule has 0 radical (unpaired) electrons. The fraction of sp³-hybridized carbons (Fsp3) is 0.231. The summed E-state index contributed by atoms with van der Waals surface area (Å²) in [6, 6.07) is 6.71. The molecule has 1 atom stereocenters. The van der Waals surface area contributed by atoms with Gasteiger partial charge >= 0.3 is 0 Å². The smallest absolute Gasteiger partial charge is 0.129 e. The van der Waals surface area contributed by atoms with Crippen molar-refractivity contribution in [3.05, 3.63) is 53.8 Å². The van der Waals surface area contributed by atoms with Gasteiger partial charge < -0.3 is 5.32 Å². The van der Waals surface area contributed by atoms with Crippen LogP contribution in [0.25, 0.3) is 0 Å². The Hall–Kier alpha value is 0.0600. The molecule has 1 heterocycles. The van der Waals surface area contributed by atoms with Crippen LogP contribution in [0.1, 0.15) is 23.4 Å². The second-order valence-electron chi connectivity index (χ2n) is 3.90. The molecule has 2 aromatic rings. The monoisotopic (exact) mass is 425 g/mol. The largest absolute Gasteiger partial charge is 0.306 e. The van der Waals surface area contributed by atoms with Crippen molar-refractivity contribution < 1.29 is 4.39 Å². The maximum Gasteiger partial charge on any atom is 0.129 e. The van der Waals surface area contributed by atoms with E-state index in [2.05, 4.69) is 37.2 Å². The minimum atomic E-state index is -0.235. The van der Waals surface area contributed by atoms with Crippen molar-refractivity contribution >= 4 is 54.8 Å². The predicted molar refractivity (Wildman–Crippen MR) is 86.6 cm³/mol. The lowest BCUT2D eigenvalue weighted by Gasteiger charge is -2.19. The zero-order valence-electron chi connectivity index (χ0n) is 10.0. The molecular formula is C13H11Br2ClFNS. The Morgan fingerprint density at radius 1 is 1.37 bits per heavy atom. The molecule has 0 saturated carbocycles. The summed E-state index contributed by atoms with van der Waals surface area (Å²) in [6.07, 6.45) is 0. The molecular weight excluding hydrogens is 416 g/mol. The highest BCUT2D eigenvalue weighted by Gasteiger charge is 2.22. The molecule has 0 bridgehead atoms. The van der Waals surface area contributed by atoms with Crippen LogP contribution in [0, 0.1) is 5.82 Å². The van der Waals surface area contributed by atoms with E-state index in [1.54, 1.807) is 6.07 Å². The van der Waals surface area contributed by atoms with Crippen LogP contribution in [0.15, 0.2) is 33.2 Å². The van der Waals surface area contributed by atoms with Crippen molar-refractivity contribution in [2.75, 3.05) is 6.54 Å². The second kappa shape index (κ2) is 6.68. The number of benzene rings is 1. The first-order valence-electron chi connectivity index (χ1n) is 5.66. The average Bonchev–Trinajstić information content (AvgIpc) is 2.68. The van der Waals surface area contributed by atoms with Crippen LogP contribution in [0.3, 0.4) is 0 Å². The summed E-state index contributed by atoms with van der Waals surface area (Å²) in [5, 5.41) is 3.30. The molecule has 19 heavy (non-hydrogen) atoms. The first kappa shape index (κ1) is 15.4. The van der Waals surface area contributed by atoms with Crippen LogP contribution in [0.4, 0.5) is 4.39 Å². The Labute approximate surface area is 137 Å². The summed E-state index contributed by atoms with van der Waals surface area (Å²) in [5.74, 6) is -0.235. The van der Waals surface area contributed by atoms with Crippen molar-refractivity contribution in [3.8, 4) is 0 Å². The highest BCUT2D eigenvalue weighted by molar-refractivity contribution is 9.10. The van der Waals surface area contributed by atoms with E-state index in [-0.39, 0.29) is 11.9 Å². The van der Waals surface area contributed by atoms with Gasteiger partial charge in [-0.05, 0) is 40.7 Å². The third-order valence-electron chi connectivity index (χ3n) is 2.65. The molecule has 1 aromatic heterocycles. The first-order chi connectivity index (χ1) is 9.04. The zero-order chi connectivity index (χ0) is 14.0. The van der Waals surface area contributed by atoms with Gasteiger partial charge in [-0.1, -0.05) is 40.5 Å². The summed E-state index contributed by atoms with van der Waals surface area (Å²) in [7, 11) is 0. The molecule has 0 spiro atoms. The van der Waals surface area contributed by atoms with E-state index in [0.717, 1.165) is 20.4 Å². The van der Waals surface area contributed by atoms with Crippen molar-refractivity contribution in [2.45, 2.75) is 13.0 Å². The molecule has 1 N–H and O–H groups in total. The Kier molecular flexibility index (Phi) is 5.43. The Morgan fingerprint density at radius 3 is 2.63 bits per heavy atom. The fourth-order valence-corrected chi connectivity index (χ4v) is 4.23. The minimum Gasteiger partial charge on any atom is -0.306 e. The number of thiophene rings is 1.